The Hall–Kier alpha value is -1.17. The Morgan fingerprint density at radius 3 is 2.79 bits per heavy atom. The zero-order valence-electron chi connectivity index (χ0n) is 11.6. The predicted molar refractivity (Wildman–Crippen MR) is 77.4 cm³/mol. The van der Waals surface area contributed by atoms with E-state index in [1.807, 2.05) is 0 Å². The first kappa shape index (κ1) is 14.2. The van der Waals surface area contributed by atoms with Crippen molar-refractivity contribution in [1.29, 1.82) is 0 Å². The van der Waals surface area contributed by atoms with Gasteiger partial charge < -0.3 is 5.32 Å². The van der Waals surface area contributed by atoms with Crippen LogP contribution in [0, 0.1) is 11.8 Å². The quantitative estimate of drug-likeness (QED) is 0.872. The van der Waals surface area contributed by atoms with Gasteiger partial charge >= 0.3 is 6.03 Å². The van der Waals surface area contributed by atoms with Crippen LogP contribution in [-0.2, 0) is 6.42 Å². The van der Waals surface area contributed by atoms with E-state index < -0.39 is 0 Å². The van der Waals surface area contributed by atoms with E-state index in [0.717, 1.165) is 17.3 Å². The minimum Gasteiger partial charge on any atom is -0.338 e. The second-order valence-corrected chi connectivity index (χ2v) is 6.65. The third kappa shape index (κ3) is 4.78. The molecule has 2 rings (SSSR count). The van der Waals surface area contributed by atoms with Gasteiger partial charge in [-0.05, 0) is 11.8 Å². The predicted octanol–water partition coefficient (Wildman–Crippen LogP) is 3.05. The fourth-order valence-corrected chi connectivity index (χ4v) is 3.14. The normalized spacial score (nSPS) is 15.9. The van der Waals surface area contributed by atoms with Crippen LogP contribution >= 0.6 is 11.3 Å². The molecule has 0 radical (unpaired) electrons. The van der Waals surface area contributed by atoms with E-state index in [1.165, 1.54) is 37.0 Å². The van der Waals surface area contributed by atoms with Gasteiger partial charge in [-0.25, -0.2) is 4.79 Å². The summed E-state index contributed by atoms with van der Waals surface area (Å²) < 4.78 is 0. The van der Waals surface area contributed by atoms with Gasteiger partial charge in [-0.15, -0.1) is 10.2 Å². The van der Waals surface area contributed by atoms with Gasteiger partial charge in [-0.2, -0.15) is 0 Å². The first-order valence-corrected chi connectivity index (χ1v) is 7.82. The number of nitrogens with one attached hydrogen (secondary N) is 2. The third-order valence-corrected chi connectivity index (χ3v) is 4.16. The second kappa shape index (κ2) is 6.84. The molecule has 0 saturated heterocycles. The van der Waals surface area contributed by atoms with Crippen molar-refractivity contribution in [3.63, 3.8) is 0 Å². The molecule has 1 aliphatic carbocycles. The maximum Gasteiger partial charge on any atom is 0.321 e. The molecule has 0 aromatic carbocycles. The highest BCUT2D eigenvalue weighted by molar-refractivity contribution is 7.15. The summed E-state index contributed by atoms with van der Waals surface area (Å²) in [4.78, 5) is 11.6. The lowest BCUT2D eigenvalue weighted by molar-refractivity contribution is 0.251. The minimum atomic E-state index is -0.197. The molecule has 1 aliphatic rings. The number of rotatable bonds is 5. The number of hydrogen-bond acceptors (Lipinski definition) is 4. The standard InChI is InChI=1S/C13H22N4OS/c1-9(2)8-14-12(18)15-13-17-16-11(19-13)7-10-5-3-4-6-10/h9-10H,3-8H2,1-2H3,(H2,14,15,17,18). The lowest BCUT2D eigenvalue weighted by Crippen LogP contribution is -2.31. The Bertz CT molecular complexity index is 413. The Labute approximate surface area is 118 Å². The highest BCUT2D eigenvalue weighted by atomic mass is 32.1. The molecule has 1 aromatic rings. The van der Waals surface area contributed by atoms with Gasteiger partial charge in [0.25, 0.3) is 0 Å². The third-order valence-electron chi connectivity index (χ3n) is 3.30. The van der Waals surface area contributed by atoms with Crippen LogP contribution in [0.3, 0.4) is 0 Å². The molecular weight excluding hydrogens is 260 g/mol. The van der Waals surface area contributed by atoms with Gasteiger partial charge in [0.15, 0.2) is 0 Å². The number of carbonyl (C=O) groups is 1. The molecule has 0 aliphatic heterocycles. The molecule has 6 heteroatoms. The topological polar surface area (TPSA) is 66.9 Å². The maximum atomic E-state index is 11.6. The zero-order chi connectivity index (χ0) is 13.7. The molecule has 0 bridgehead atoms. The highest BCUT2D eigenvalue weighted by Crippen LogP contribution is 2.29. The molecule has 0 spiro atoms. The largest absolute Gasteiger partial charge is 0.338 e. The van der Waals surface area contributed by atoms with E-state index in [2.05, 4.69) is 34.7 Å². The summed E-state index contributed by atoms with van der Waals surface area (Å²) in [7, 11) is 0. The number of nitrogens with zero attached hydrogens (tertiary/aromatic N) is 2. The molecule has 1 saturated carbocycles. The molecule has 2 amide bonds. The number of hydrogen-bond donors (Lipinski definition) is 2. The van der Waals surface area contributed by atoms with Crippen LogP contribution in [0.1, 0.15) is 44.5 Å². The van der Waals surface area contributed by atoms with Crippen LogP contribution in [0.5, 0.6) is 0 Å². The molecule has 0 atom stereocenters. The second-order valence-electron chi connectivity index (χ2n) is 5.58. The average Bonchev–Trinajstić information content (AvgIpc) is 2.99. The number of amides is 2. The first-order valence-electron chi connectivity index (χ1n) is 7.00. The van der Waals surface area contributed by atoms with E-state index in [9.17, 15) is 4.79 Å². The summed E-state index contributed by atoms with van der Waals surface area (Å²) >= 11 is 1.49. The fourth-order valence-electron chi connectivity index (χ4n) is 2.29. The lowest BCUT2D eigenvalue weighted by atomic mass is 10.1. The maximum absolute atomic E-state index is 11.6. The van der Waals surface area contributed by atoms with E-state index in [-0.39, 0.29) is 6.03 Å². The minimum absolute atomic E-state index is 0.197. The van der Waals surface area contributed by atoms with Gasteiger partial charge in [0.2, 0.25) is 5.13 Å². The van der Waals surface area contributed by atoms with E-state index in [4.69, 9.17) is 0 Å². The van der Waals surface area contributed by atoms with Gasteiger partial charge in [-0.3, -0.25) is 5.32 Å². The van der Waals surface area contributed by atoms with Crippen LogP contribution in [0.2, 0.25) is 0 Å². The molecule has 5 nitrogen and oxygen atoms in total. The smallest absolute Gasteiger partial charge is 0.321 e. The zero-order valence-corrected chi connectivity index (χ0v) is 12.4. The Balaban J connectivity index is 1.78. The van der Waals surface area contributed by atoms with Crippen molar-refractivity contribution in [3.8, 4) is 0 Å². The van der Waals surface area contributed by atoms with Crippen molar-refractivity contribution in [3.05, 3.63) is 5.01 Å². The molecule has 0 unspecified atom stereocenters. The molecule has 1 fully saturated rings. The fraction of sp³-hybridized carbons (Fsp3) is 0.769. The summed E-state index contributed by atoms with van der Waals surface area (Å²) in [6.07, 6.45) is 6.29. The molecule has 1 aromatic heterocycles. The van der Waals surface area contributed by atoms with Crippen molar-refractivity contribution < 1.29 is 4.79 Å². The van der Waals surface area contributed by atoms with Crippen LogP contribution < -0.4 is 10.6 Å². The van der Waals surface area contributed by atoms with E-state index in [1.54, 1.807) is 0 Å². The van der Waals surface area contributed by atoms with Crippen molar-refractivity contribution in [2.45, 2.75) is 46.0 Å². The number of carbonyl (C=O) groups excluding carboxylic acids is 1. The Morgan fingerprint density at radius 1 is 1.37 bits per heavy atom. The number of urea groups is 1. The van der Waals surface area contributed by atoms with Crippen LogP contribution in [0.4, 0.5) is 9.93 Å². The summed E-state index contributed by atoms with van der Waals surface area (Å²) in [5, 5.41) is 15.3. The highest BCUT2D eigenvalue weighted by Gasteiger charge is 2.18. The Kier molecular flexibility index (Phi) is 5.13. The SMILES string of the molecule is CC(C)CNC(=O)Nc1nnc(CC2CCCC2)s1. The number of aromatic nitrogens is 2. The molecule has 1 heterocycles. The van der Waals surface area contributed by atoms with Gasteiger partial charge in [0.05, 0.1) is 0 Å². The van der Waals surface area contributed by atoms with Crippen molar-refractivity contribution in [2.75, 3.05) is 11.9 Å². The molecule has 106 valence electrons. The van der Waals surface area contributed by atoms with Crippen molar-refractivity contribution in [2.24, 2.45) is 11.8 Å². The van der Waals surface area contributed by atoms with Crippen molar-refractivity contribution in [1.82, 2.24) is 15.5 Å². The summed E-state index contributed by atoms with van der Waals surface area (Å²) in [6.45, 7) is 4.79. The summed E-state index contributed by atoms with van der Waals surface area (Å²) in [6, 6.07) is -0.197. The van der Waals surface area contributed by atoms with Crippen LogP contribution in [0.25, 0.3) is 0 Å². The Morgan fingerprint density at radius 2 is 2.11 bits per heavy atom. The summed E-state index contributed by atoms with van der Waals surface area (Å²) in [5.74, 6) is 1.20. The summed E-state index contributed by atoms with van der Waals surface area (Å²) in [5.41, 5.74) is 0. The average molecular weight is 282 g/mol. The van der Waals surface area contributed by atoms with Crippen LogP contribution in [-0.4, -0.2) is 22.8 Å². The van der Waals surface area contributed by atoms with E-state index >= 15 is 0 Å². The number of anilines is 1. The molecule has 2 N–H and O–H groups in total. The monoisotopic (exact) mass is 282 g/mol. The molecule has 19 heavy (non-hydrogen) atoms. The van der Waals surface area contributed by atoms with Gasteiger partial charge in [0.1, 0.15) is 5.01 Å². The van der Waals surface area contributed by atoms with Gasteiger partial charge in [0, 0.05) is 13.0 Å². The molecular formula is C13H22N4OS. The van der Waals surface area contributed by atoms with Crippen molar-refractivity contribution >= 4 is 22.5 Å². The lowest BCUT2D eigenvalue weighted by Gasteiger charge is -2.06. The van der Waals surface area contributed by atoms with E-state index in [0.29, 0.717) is 17.6 Å². The van der Waals surface area contributed by atoms with Gasteiger partial charge in [-0.1, -0.05) is 50.9 Å². The van der Waals surface area contributed by atoms with Crippen LogP contribution in [0.15, 0.2) is 0 Å². The first-order chi connectivity index (χ1) is 9.13.